The summed E-state index contributed by atoms with van der Waals surface area (Å²) in [6.45, 7) is 0. The zero-order valence-electron chi connectivity index (χ0n) is 6.87. The second-order valence-electron chi connectivity index (χ2n) is 3.68. The summed E-state index contributed by atoms with van der Waals surface area (Å²) in [6.07, 6.45) is 0.317. The fourth-order valence-corrected chi connectivity index (χ4v) is 3.99. The molecule has 13 heavy (non-hydrogen) atoms. The fourth-order valence-electron chi connectivity index (χ4n) is 1.93. The maximum Gasteiger partial charge on any atom is 0.234 e. The van der Waals surface area contributed by atoms with E-state index in [4.69, 9.17) is 0 Å². The number of hydrogen-bond acceptors (Lipinski definition) is 4. The van der Waals surface area contributed by atoms with Crippen molar-refractivity contribution in [1.82, 2.24) is 5.32 Å². The Balaban J connectivity index is 2.34. The van der Waals surface area contributed by atoms with Crippen molar-refractivity contribution in [3.8, 4) is 0 Å². The predicted octanol–water partition coefficient (Wildman–Crippen LogP) is -1.16. The van der Waals surface area contributed by atoms with Crippen LogP contribution in [0.25, 0.3) is 0 Å². The standard InChI is InChI=1S/C7H9NO4S/c9-5-3-7(6(10)8-5)1-2-13(11,12)4-7/h1-4H2,(H,8,9,10). The van der Waals surface area contributed by atoms with E-state index in [2.05, 4.69) is 5.32 Å². The zero-order valence-corrected chi connectivity index (χ0v) is 7.69. The van der Waals surface area contributed by atoms with E-state index < -0.39 is 21.2 Å². The van der Waals surface area contributed by atoms with Gasteiger partial charge in [0.15, 0.2) is 9.84 Å². The minimum Gasteiger partial charge on any atom is -0.296 e. The largest absolute Gasteiger partial charge is 0.296 e. The Morgan fingerprint density at radius 2 is 2.00 bits per heavy atom. The van der Waals surface area contributed by atoms with Crippen LogP contribution < -0.4 is 5.32 Å². The molecule has 2 amide bonds. The average Bonchev–Trinajstić information content (AvgIpc) is 2.38. The van der Waals surface area contributed by atoms with E-state index in [9.17, 15) is 18.0 Å². The van der Waals surface area contributed by atoms with Gasteiger partial charge in [0.05, 0.1) is 16.9 Å². The third kappa shape index (κ3) is 1.25. The maximum atomic E-state index is 11.3. The molecule has 1 N–H and O–H groups in total. The Hall–Kier alpha value is -0.910. The summed E-state index contributed by atoms with van der Waals surface area (Å²) < 4.78 is 22.3. The molecule has 0 aliphatic carbocycles. The van der Waals surface area contributed by atoms with E-state index in [1.807, 2.05) is 0 Å². The summed E-state index contributed by atoms with van der Waals surface area (Å²) in [7, 11) is -3.11. The van der Waals surface area contributed by atoms with Gasteiger partial charge in [-0.3, -0.25) is 14.9 Å². The Kier molecular flexibility index (Phi) is 1.54. The van der Waals surface area contributed by atoms with Crippen molar-refractivity contribution in [3.05, 3.63) is 0 Å². The van der Waals surface area contributed by atoms with Crippen LogP contribution in [0.15, 0.2) is 0 Å². The molecule has 2 fully saturated rings. The first-order valence-electron chi connectivity index (χ1n) is 3.98. The molecular weight excluding hydrogens is 194 g/mol. The first kappa shape index (κ1) is 8.68. The summed E-state index contributed by atoms with van der Waals surface area (Å²) >= 11 is 0. The molecule has 2 rings (SSSR count). The van der Waals surface area contributed by atoms with E-state index in [1.54, 1.807) is 0 Å². The zero-order chi connectivity index (χ0) is 9.69. The molecule has 1 spiro atoms. The maximum absolute atomic E-state index is 11.3. The van der Waals surface area contributed by atoms with Crippen molar-refractivity contribution >= 4 is 21.7 Å². The molecule has 1 atom stereocenters. The van der Waals surface area contributed by atoms with Crippen LogP contribution in [0, 0.1) is 5.41 Å². The average molecular weight is 203 g/mol. The molecule has 2 aliphatic rings. The van der Waals surface area contributed by atoms with Crippen molar-refractivity contribution in [2.75, 3.05) is 11.5 Å². The fraction of sp³-hybridized carbons (Fsp3) is 0.714. The Morgan fingerprint density at radius 1 is 1.31 bits per heavy atom. The summed E-state index contributed by atoms with van der Waals surface area (Å²) in [5.41, 5.74) is -0.935. The van der Waals surface area contributed by atoms with E-state index in [-0.39, 0.29) is 30.3 Å². The number of amides is 2. The van der Waals surface area contributed by atoms with Gasteiger partial charge >= 0.3 is 0 Å². The number of nitrogens with one attached hydrogen (secondary N) is 1. The lowest BCUT2D eigenvalue weighted by atomic mass is 9.86. The highest BCUT2D eigenvalue weighted by molar-refractivity contribution is 7.91. The Morgan fingerprint density at radius 3 is 2.38 bits per heavy atom. The minimum atomic E-state index is -3.11. The van der Waals surface area contributed by atoms with Crippen LogP contribution in [0.3, 0.4) is 0 Å². The molecule has 6 heteroatoms. The first-order chi connectivity index (χ1) is 5.94. The molecule has 0 aromatic carbocycles. The normalized spacial score (nSPS) is 36.9. The van der Waals surface area contributed by atoms with Gasteiger partial charge in [0.2, 0.25) is 11.8 Å². The van der Waals surface area contributed by atoms with Gasteiger partial charge in [-0.2, -0.15) is 0 Å². The molecule has 0 bridgehead atoms. The SMILES string of the molecule is O=C1CC2(CCS(=O)(=O)C2)C(=O)N1. The number of carbonyl (C=O) groups excluding carboxylic acids is 2. The highest BCUT2D eigenvalue weighted by atomic mass is 32.2. The van der Waals surface area contributed by atoms with Crippen molar-refractivity contribution in [3.63, 3.8) is 0 Å². The van der Waals surface area contributed by atoms with Gasteiger partial charge in [0.25, 0.3) is 0 Å². The quantitative estimate of drug-likeness (QED) is 0.503. The van der Waals surface area contributed by atoms with Crippen molar-refractivity contribution in [2.24, 2.45) is 5.41 Å². The van der Waals surface area contributed by atoms with Crippen LogP contribution in [-0.2, 0) is 19.4 Å². The molecule has 72 valence electrons. The second kappa shape index (κ2) is 2.31. The van der Waals surface area contributed by atoms with Gasteiger partial charge in [-0.15, -0.1) is 0 Å². The molecule has 5 nitrogen and oxygen atoms in total. The Bertz CT molecular complexity index is 385. The molecule has 1 unspecified atom stereocenters. The number of carbonyl (C=O) groups is 2. The van der Waals surface area contributed by atoms with Crippen LogP contribution in [0.5, 0.6) is 0 Å². The van der Waals surface area contributed by atoms with Gasteiger partial charge in [-0.1, -0.05) is 0 Å². The van der Waals surface area contributed by atoms with Crippen LogP contribution in [0.1, 0.15) is 12.8 Å². The lowest BCUT2D eigenvalue weighted by molar-refractivity contribution is -0.127. The lowest BCUT2D eigenvalue weighted by Crippen LogP contribution is -2.32. The summed E-state index contributed by atoms with van der Waals surface area (Å²) in [6, 6.07) is 0. The molecule has 0 aromatic heterocycles. The van der Waals surface area contributed by atoms with Gasteiger partial charge in [0, 0.05) is 6.42 Å². The van der Waals surface area contributed by atoms with E-state index >= 15 is 0 Å². The molecule has 2 heterocycles. The van der Waals surface area contributed by atoms with Crippen LogP contribution in [-0.4, -0.2) is 31.7 Å². The predicted molar refractivity (Wildman–Crippen MR) is 43.5 cm³/mol. The summed E-state index contributed by atoms with van der Waals surface area (Å²) in [5.74, 6) is -0.925. The van der Waals surface area contributed by atoms with E-state index in [1.165, 1.54) is 0 Å². The van der Waals surface area contributed by atoms with Crippen molar-refractivity contribution in [2.45, 2.75) is 12.8 Å². The molecule has 0 aromatic rings. The number of sulfone groups is 1. The van der Waals surface area contributed by atoms with Crippen molar-refractivity contribution < 1.29 is 18.0 Å². The molecule has 2 aliphatic heterocycles. The van der Waals surface area contributed by atoms with Gasteiger partial charge < -0.3 is 0 Å². The molecule has 2 saturated heterocycles. The highest BCUT2D eigenvalue weighted by Crippen LogP contribution is 2.38. The molecule has 0 saturated carbocycles. The van der Waals surface area contributed by atoms with Crippen LogP contribution in [0.2, 0.25) is 0 Å². The van der Waals surface area contributed by atoms with Crippen molar-refractivity contribution in [1.29, 1.82) is 0 Å². The second-order valence-corrected chi connectivity index (χ2v) is 5.86. The summed E-state index contributed by atoms with van der Waals surface area (Å²) in [4.78, 5) is 22.2. The number of rotatable bonds is 0. The summed E-state index contributed by atoms with van der Waals surface area (Å²) in [5, 5.41) is 2.14. The smallest absolute Gasteiger partial charge is 0.234 e. The molecular formula is C7H9NO4S. The Labute approximate surface area is 75.4 Å². The van der Waals surface area contributed by atoms with Gasteiger partial charge in [-0.25, -0.2) is 8.42 Å². The third-order valence-electron chi connectivity index (χ3n) is 2.62. The van der Waals surface area contributed by atoms with E-state index in [0.717, 1.165) is 0 Å². The third-order valence-corrected chi connectivity index (χ3v) is 4.44. The first-order valence-corrected chi connectivity index (χ1v) is 5.80. The monoisotopic (exact) mass is 203 g/mol. The van der Waals surface area contributed by atoms with Gasteiger partial charge in [0.1, 0.15) is 0 Å². The lowest BCUT2D eigenvalue weighted by Gasteiger charge is -2.14. The topological polar surface area (TPSA) is 80.3 Å². The number of imide groups is 1. The number of hydrogen-bond donors (Lipinski definition) is 1. The van der Waals surface area contributed by atoms with Gasteiger partial charge in [-0.05, 0) is 6.42 Å². The minimum absolute atomic E-state index is 0.0215. The van der Waals surface area contributed by atoms with Crippen LogP contribution in [0.4, 0.5) is 0 Å². The highest BCUT2D eigenvalue weighted by Gasteiger charge is 2.53. The van der Waals surface area contributed by atoms with E-state index in [0.29, 0.717) is 0 Å². The molecule has 0 radical (unpaired) electrons. The van der Waals surface area contributed by atoms with Crippen LogP contribution >= 0.6 is 0 Å².